The van der Waals surface area contributed by atoms with Crippen LogP contribution < -0.4 is 0 Å². The van der Waals surface area contributed by atoms with Gasteiger partial charge in [-0.15, -0.1) is 0 Å². The molecule has 0 nitrogen and oxygen atoms in total. The van der Waals surface area contributed by atoms with E-state index in [1.807, 2.05) is 0 Å². The molecule has 0 radical (unpaired) electrons. The number of rotatable bonds is 10. The minimum atomic E-state index is 0.653. The van der Waals surface area contributed by atoms with Crippen LogP contribution in [0, 0.1) is 23.2 Å². The van der Waals surface area contributed by atoms with E-state index in [1.165, 1.54) is 57.8 Å². The van der Waals surface area contributed by atoms with Gasteiger partial charge in [0.25, 0.3) is 0 Å². The first-order valence-electron chi connectivity index (χ1n) is 8.60. The van der Waals surface area contributed by atoms with Gasteiger partial charge in [0, 0.05) is 0 Å². The van der Waals surface area contributed by atoms with Crippen LogP contribution >= 0.6 is 0 Å². The lowest BCUT2D eigenvalue weighted by Crippen LogP contribution is -2.34. The fourth-order valence-electron chi connectivity index (χ4n) is 4.22. The van der Waals surface area contributed by atoms with Crippen molar-refractivity contribution >= 4 is 0 Å². The van der Waals surface area contributed by atoms with Crippen LogP contribution in [0.1, 0.15) is 92.4 Å². The Bertz CT molecular complexity index is 216. The van der Waals surface area contributed by atoms with E-state index in [-0.39, 0.29) is 0 Å². The lowest BCUT2D eigenvalue weighted by Gasteiger charge is -2.42. The predicted molar refractivity (Wildman–Crippen MR) is 82.8 cm³/mol. The van der Waals surface area contributed by atoms with Crippen molar-refractivity contribution in [3.05, 3.63) is 0 Å². The van der Waals surface area contributed by atoms with E-state index >= 15 is 0 Å². The molecule has 0 spiro atoms. The normalized spacial score (nSPS) is 22.5. The van der Waals surface area contributed by atoms with Crippen molar-refractivity contribution in [3.8, 4) is 0 Å². The highest BCUT2D eigenvalue weighted by molar-refractivity contribution is 4.96. The van der Waals surface area contributed by atoms with Crippen molar-refractivity contribution < 1.29 is 0 Å². The third-order valence-electron chi connectivity index (χ3n) is 5.46. The van der Waals surface area contributed by atoms with Crippen LogP contribution in [0.2, 0.25) is 0 Å². The summed E-state index contributed by atoms with van der Waals surface area (Å²) in [5, 5.41) is 0. The summed E-state index contributed by atoms with van der Waals surface area (Å²) in [6.45, 7) is 12.2. The van der Waals surface area contributed by atoms with E-state index in [4.69, 9.17) is 0 Å². The Labute approximate surface area is 116 Å². The summed E-state index contributed by atoms with van der Waals surface area (Å²) in [6, 6.07) is 0. The molecule has 0 aliphatic heterocycles. The highest BCUT2D eigenvalue weighted by Gasteiger charge is 2.46. The van der Waals surface area contributed by atoms with Gasteiger partial charge < -0.3 is 0 Å². The summed E-state index contributed by atoms with van der Waals surface area (Å²) in [7, 11) is 0. The maximum Gasteiger partial charge on any atom is -0.0267 e. The van der Waals surface area contributed by atoms with Crippen LogP contribution in [0.4, 0.5) is 0 Å². The van der Waals surface area contributed by atoms with Gasteiger partial charge in [0.05, 0.1) is 0 Å². The Morgan fingerprint density at radius 1 is 1.00 bits per heavy atom. The molecule has 0 aromatic carbocycles. The average molecular weight is 252 g/mol. The van der Waals surface area contributed by atoms with Gasteiger partial charge in [0.1, 0.15) is 0 Å². The summed E-state index contributed by atoms with van der Waals surface area (Å²) in [5.74, 6) is 2.96. The second-order valence-electron chi connectivity index (χ2n) is 7.04. The predicted octanol–water partition coefficient (Wildman–Crippen LogP) is 6.45. The fraction of sp³-hybridized carbons (Fsp3) is 1.00. The molecule has 0 N–H and O–H groups in total. The molecule has 0 heterocycles. The van der Waals surface area contributed by atoms with Crippen molar-refractivity contribution in [1.29, 1.82) is 0 Å². The van der Waals surface area contributed by atoms with E-state index in [1.54, 1.807) is 0 Å². The van der Waals surface area contributed by atoms with E-state index in [9.17, 15) is 0 Å². The van der Waals surface area contributed by atoms with Gasteiger partial charge in [-0.05, 0) is 48.9 Å². The van der Waals surface area contributed by atoms with Crippen LogP contribution in [0.15, 0.2) is 0 Å². The van der Waals surface area contributed by atoms with Gasteiger partial charge in [0.15, 0.2) is 0 Å². The summed E-state index contributed by atoms with van der Waals surface area (Å²) in [5.41, 5.74) is 0.653. The monoisotopic (exact) mass is 252 g/mol. The van der Waals surface area contributed by atoms with Gasteiger partial charge >= 0.3 is 0 Å². The van der Waals surface area contributed by atoms with Gasteiger partial charge in [-0.25, -0.2) is 0 Å². The highest BCUT2D eigenvalue weighted by Crippen LogP contribution is 2.56. The summed E-state index contributed by atoms with van der Waals surface area (Å²) in [4.78, 5) is 0. The largest absolute Gasteiger partial charge is 0.0654 e. The van der Waals surface area contributed by atoms with Gasteiger partial charge in [-0.3, -0.25) is 0 Å². The zero-order valence-electron chi connectivity index (χ0n) is 13.6. The van der Waals surface area contributed by atoms with E-state index in [0.29, 0.717) is 5.41 Å². The minimum absolute atomic E-state index is 0.653. The molecule has 3 unspecified atom stereocenters. The molecule has 0 amide bonds. The molecule has 1 saturated carbocycles. The second-order valence-corrected chi connectivity index (χ2v) is 7.04. The van der Waals surface area contributed by atoms with Gasteiger partial charge in [0.2, 0.25) is 0 Å². The fourth-order valence-corrected chi connectivity index (χ4v) is 4.22. The van der Waals surface area contributed by atoms with E-state index < -0.39 is 0 Å². The first-order chi connectivity index (χ1) is 8.60. The molecule has 0 bridgehead atoms. The Hall–Kier alpha value is 0. The smallest absolute Gasteiger partial charge is 0.0267 e. The quantitative estimate of drug-likeness (QED) is 0.419. The van der Waals surface area contributed by atoms with Gasteiger partial charge in [-0.1, -0.05) is 66.7 Å². The standard InChI is InChI=1S/C18H36/c1-6-9-14-18(5,16-12-13-16)17(11-8-3)15(4)10-7-2/h15-17H,6-14H2,1-5H3. The molecule has 108 valence electrons. The van der Waals surface area contributed by atoms with Crippen LogP contribution in [0.3, 0.4) is 0 Å². The lowest BCUT2D eigenvalue weighted by molar-refractivity contribution is 0.0714. The molecule has 0 aromatic heterocycles. The van der Waals surface area contributed by atoms with Crippen LogP contribution in [-0.2, 0) is 0 Å². The highest BCUT2D eigenvalue weighted by atomic mass is 14.5. The average Bonchev–Trinajstić information content (AvgIpc) is 3.17. The minimum Gasteiger partial charge on any atom is -0.0654 e. The molecule has 18 heavy (non-hydrogen) atoms. The molecular formula is C18H36. The molecule has 1 rings (SSSR count). The topological polar surface area (TPSA) is 0 Å². The third kappa shape index (κ3) is 4.00. The molecule has 0 aromatic rings. The van der Waals surface area contributed by atoms with Crippen molar-refractivity contribution in [2.75, 3.05) is 0 Å². The van der Waals surface area contributed by atoms with Crippen molar-refractivity contribution in [2.24, 2.45) is 23.2 Å². The summed E-state index contributed by atoms with van der Waals surface area (Å²) in [6.07, 6.45) is 12.9. The Morgan fingerprint density at radius 2 is 1.61 bits per heavy atom. The second kappa shape index (κ2) is 7.56. The number of hydrogen-bond acceptors (Lipinski definition) is 0. The molecule has 3 atom stereocenters. The Balaban J connectivity index is 2.75. The summed E-state index contributed by atoms with van der Waals surface area (Å²) >= 11 is 0. The third-order valence-corrected chi connectivity index (χ3v) is 5.46. The molecule has 1 fully saturated rings. The molecule has 0 saturated heterocycles. The van der Waals surface area contributed by atoms with E-state index in [0.717, 1.165) is 17.8 Å². The maximum atomic E-state index is 2.63. The zero-order chi connectivity index (χ0) is 13.6. The first-order valence-corrected chi connectivity index (χ1v) is 8.60. The molecular weight excluding hydrogens is 216 g/mol. The van der Waals surface area contributed by atoms with Crippen LogP contribution in [0.5, 0.6) is 0 Å². The first kappa shape index (κ1) is 16.1. The lowest BCUT2D eigenvalue weighted by atomic mass is 9.63. The van der Waals surface area contributed by atoms with E-state index in [2.05, 4.69) is 34.6 Å². The Morgan fingerprint density at radius 3 is 2.06 bits per heavy atom. The summed E-state index contributed by atoms with van der Waals surface area (Å²) < 4.78 is 0. The van der Waals surface area contributed by atoms with Crippen molar-refractivity contribution in [2.45, 2.75) is 92.4 Å². The molecule has 1 aliphatic rings. The number of unbranched alkanes of at least 4 members (excludes halogenated alkanes) is 1. The Kier molecular flexibility index (Phi) is 6.74. The van der Waals surface area contributed by atoms with Crippen molar-refractivity contribution in [1.82, 2.24) is 0 Å². The molecule has 0 heteroatoms. The molecule has 1 aliphatic carbocycles. The van der Waals surface area contributed by atoms with Gasteiger partial charge in [-0.2, -0.15) is 0 Å². The van der Waals surface area contributed by atoms with Crippen molar-refractivity contribution in [3.63, 3.8) is 0 Å². The number of hydrogen-bond donors (Lipinski definition) is 0. The van der Waals surface area contributed by atoms with Crippen LogP contribution in [0.25, 0.3) is 0 Å². The SMILES string of the molecule is CCCCC(C)(C1CC1)C(CCC)C(C)CCC. The maximum absolute atomic E-state index is 2.63. The zero-order valence-corrected chi connectivity index (χ0v) is 13.6. The van der Waals surface area contributed by atoms with Crippen LogP contribution in [-0.4, -0.2) is 0 Å².